The van der Waals surface area contributed by atoms with E-state index in [1.165, 1.54) is 12.8 Å². The second-order valence-electron chi connectivity index (χ2n) is 12.0. The van der Waals surface area contributed by atoms with Crippen LogP contribution in [0.25, 0.3) is 10.9 Å². The number of amides is 1. The van der Waals surface area contributed by atoms with E-state index in [2.05, 4.69) is 19.8 Å². The van der Waals surface area contributed by atoms with Gasteiger partial charge in [0.15, 0.2) is 11.0 Å². The van der Waals surface area contributed by atoms with Gasteiger partial charge in [0.1, 0.15) is 17.7 Å². The Hall–Kier alpha value is -2.39. The van der Waals surface area contributed by atoms with Gasteiger partial charge in [-0.05, 0) is 72.4 Å². The first kappa shape index (κ1) is 24.9. The molecule has 4 fully saturated rings. The Balaban J connectivity index is 1.30. The molecular formula is C27H35ClFN5O3. The zero-order valence-corrected chi connectivity index (χ0v) is 22.6. The average Bonchev–Trinajstić information content (AvgIpc) is 3.49. The van der Waals surface area contributed by atoms with Crippen LogP contribution in [0.1, 0.15) is 59.3 Å². The van der Waals surface area contributed by atoms with Crippen LogP contribution in [0.15, 0.2) is 12.3 Å². The highest BCUT2D eigenvalue weighted by Gasteiger charge is 2.46. The van der Waals surface area contributed by atoms with Crippen molar-refractivity contribution in [2.75, 3.05) is 37.7 Å². The first-order valence-electron chi connectivity index (χ1n) is 13.4. The first-order chi connectivity index (χ1) is 17.6. The maximum Gasteiger partial charge on any atom is 0.410 e. The van der Waals surface area contributed by atoms with Crippen molar-refractivity contribution in [3.05, 3.63) is 23.2 Å². The lowest BCUT2D eigenvalue weighted by Gasteiger charge is -2.42. The fraction of sp³-hybridized carbons (Fsp3) is 0.667. The summed E-state index contributed by atoms with van der Waals surface area (Å²) in [6.45, 7) is 9.67. The number of aromatic nitrogens is 2. The molecule has 200 valence electrons. The Bertz CT molecular complexity index is 1200. The molecule has 0 unspecified atom stereocenters. The number of hydrogen-bond acceptors (Lipinski definition) is 7. The van der Waals surface area contributed by atoms with Gasteiger partial charge >= 0.3 is 6.09 Å². The molecular weight excluding hydrogens is 497 g/mol. The molecule has 2 atom stereocenters. The zero-order valence-electron chi connectivity index (χ0n) is 21.8. The molecule has 6 rings (SSSR count). The molecule has 0 N–H and O–H groups in total. The minimum absolute atomic E-state index is 0.0238. The summed E-state index contributed by atoms with van der Waals surface area (Å²) in [5.74, 6) is -0.235. The van der Waals surface area contributed by atoms with Gasteiger partial charge in [-0.1, -0.05) is 11.6 Å². The van der Waals surface area contributed by atoms with Gasteiger partial charge in [-0.2, -0.15) is 0 Å². The number of rotatable bonds is 4. The fourth-order valence-electron chi connectivity index (χ4n) is 6.81. The van der Waals surface area contributed by atoms with Crippen molar-refractivity contribution in [1.82, 2.24) is 19.8 Å². The number of carbonyl (C=O) groups excluding carboxylic acids is 1. The number of fused-ring (bicyclic) bond motifs is 4. The fourth-order valence-corrected chi connectivity index (χ4v) is 6.94. The van der Waals surface area contributed by atoms with E-state index in [1.807, 2.05) is 31.7 Å². The zero-order chi connectivity index (χ0) is 25.9. The van der Waals surface area contributed by atoms with Crippen molar-refractivity contribution in [3.8, 4) is 5.88 Å². The van der Waals surface area contributed by atoms with Crippen LogP contribution in [0.4, 0.5) is 14.9 Å². The van der Waals surface area contributed by atoms with E-state index < -0.39 is 11.4 Å². The molecule has 2 aromatic rings. The smallest absolute Gasteiger partial charge is 0.410 e. The third-order valence-electron chi connectivity index (χ3n) is 8.44. The van der Waals surface area contributed by atoms with Crippen LogP contribution >= 0.6 is 11.6 Å². The predicted octanol–water partition coefficient (Wildman–Crippen LogP) is 5.02. The maximum absolute atomic E-state index is 15.2. The quantitative estimate of drug-likeness (QED) is 0.513. The summed E-state index contributed by atoms with van der Waals surface area (Å²) in [7, 11) is 0. The van der Waals surface area contributed by atoms with E-state index in [0.717, 1.165) is 44.5 Å². The van der Waals surface area contributed by atoms with E-state index >= 15 is 4.39 Å². The summed E-state index contributed by atoms with van der Waals surface area (Å²) in [5, 5.41) is 0.398. The lowest BCUT2D eigenvalue weighted by molar-refractivity contribution is 0.0123. The molecule has 0 spiro atoms. The molecule has 0 radical (unpaired) electrons. The monoisotopic (exact) mass is 531 g/mol. The molecule has 2 bridgehead atoms. The van der Waals surface area contributed by atoms with Gasteiger partial charge in [0.05, 0.1) is 23.3 Å². The van der Waals surface area contributed by atoms with Crippen molar-refractivity contribution in [2.45, 2.75) is 82.5 Å². The third-order valence-corrected chi connectivity index (χ3v) is 8.70. The molecule has 1 amide bonds. The van der Waals surface area contributed by atoms with Crippen LogP contribution < -0.4 is 9.64 Å². The summed E-state index contributed by atoms with van der Waals surface area (Å²) in [5.41, 5.74) is 0.499. The van der Waals surface area contributed by atoms with Gasteiger partial charge in [0.25, 0.3) is 0 Å². The number of halogens is 2. The lowest BCUT2D eigenvalue weighted by Crippen LogP contribution is -2.56. The molecule has 8 nitrogen and oxygen atoms in total. The molecule has 4 aliphatic rings. The summed E-state index contributed by atoms with van der Waals surface area (Å²) in [6.07, 6.45) is 7.73. The third kappa shape index (κ3) is 4.48. The lowest BCUT2D eigenvalue weighted by atomic mass is 9.95. The Labute approximate surface area is 222 Å². The largest absolute Gasteiger partial charge is 0.476 e. The molecule has 0 aromatic carbocycles. The van der Waals surface area contributed by atoms with E-state index in [-0.39, 0.29) is 34.4 Å². The molecule has 2 aromatic heterocycles. The molecule has 4 aliphatic heterocycles. The average molecular weight is 532 g/mol. The minimum Gasteiger partial charge on any atom is -0.476 e. The predicted molar refractivity (Wildman–Crippen MR) is 140 cm³/mol. The van der Waals surface area contributed by atoms with E-state index in [4.69, 9.17) is 21.1 Å². The van der Waals surface area contributed by atoms with Crippen LogP contribution in [-0.4, -0.2) is 81.9 Å². The van der Waals surface area contributed by atoms with Crippen molar-refractivity contribution in [1.29, 1.82) is 0 Å². The number of anilines is 1. The number of piperazine rings is 1. The standard InChI is InChI=1S/C27H35ClFN5O3/c1-26(2,3)37-25(35)34-17-6-7-18(34)15-32(14-17)20-12-21(31-23-19(20)13-30-24(28)22(23)29)36-16-27-8-4-10-33(27)11-5-9-27/h12-13,17-18H,4-11,14-16H2,1-3H3/t17-,18+. The van der Waals surface area contributed by atoms with Crippen LogP contribution in [0.2, 0.25) is 5.15 Å². The summed E-state index contributed by atoms with van der Waals surface area (Å²) in [6, 6.07) is 1.96. The van der Waals surface area contributed by atoms with Crippen LogP contribution in [-0.2, 0) is 4.74 Å². The summed E-state index contributed by atoms with van der Waals surface area (Å²) >= 11 is 6.05. The first-order valence-corrected chi connectivity index (χ1v) is 13.8. The van der Waals surface area contributed by atoms with Crippen molar-refractivity contribution < 1.29 is 18.7 Å². The Morgan fingerprint density at radius 2 is 1.86 bits per heavy atom. The number of hydrogen-bond donors (Lipinski definition) is 0. The van der Waals surface area contributed by atoms with Crippen LogP contribution in [0.3, 0.4) is 0 Å². The highest BCUT2D eigenvalue weighted by molar-refractivity contribution is 6.30. The minimum atomic E-state index is -0.636. The highest BCUT2D eigenvalue weighted by atomic mass is 35.5. The summed E-state index contributed by atoms with van der Waals surface area (Å²) in [4.78, 5) is 28.2. The van der Waals surface area contributed by atoms with Gasteiger partial charge in [0.2, 0.25) is 5.88 Å². The topological polar surface area (TPSA) is 71.0 Å². The molecule has 4 saturated heterocycles. The Kier molecular flexibility index (Phi) is 6.14. The molecule has 10 heteroatoms. The van der Waals surface area contributed by atoms with E-state index in [1.54, 1.807) is 6.20 Å². The van der Waals surface area contributed by atoms with E-state index in [9.17, 15) is 4.79 Å². The Morgan fingerprint density at radius 3 is 2.51 bits per heavy atom. The number of pyridine rings is 2. The molecule has 0 aliphatic carbocycles. The van der Waals surface area contributed by atoms with Crippen molar-refractivity contribution >= 4 is 34.3 Å². The SMILES string of the molecule is CC(C)(C)OC(=O)N1[C@@H]2CC[C@H]1CN(c1cc(OCC34CCCN3CCC4)nc3c(F)c(Cl)ncc13)C2. The number of nitrogens with zero attached hydrogens (tertiary/aromatic N) is 5. The number of ether oxygens (including phenoxy) is 2. The Morgan fingerprint density at radius 1 is 1.19 bits per heavy atom. The van der Waals surface area contributed by atoms with Gasteiger partial charge in [0, 0.05) is 30.7 Å². The van der Waals surface area contributed by atoms with Gasteiger partial charge in [-0.25, -0.2) is 19.2 Å². The van der Waals surface area contributed by atoms with Crippen molar-refractivity contribution in [3.63, 3.8) is 0 Å². The second kappa shape index (κ2) is 9.12. The normalized spacial score (nSPS) is 25.1. The molecule has 6 heterocycles. The second-order valence-corrected chi connectivity index (χ2v) is 12.3. The maximum atomic E-state index is 15.2. The van der Waals surface area contributed by atoms with Gasteiger partial charge in [-0.15, -0.1) is 0 Å². The highest BCUT2D eigenvalue weighted by Crippen LogP contribution is 2.41. The molecule has 37 heavy (non-hydrogen) atoms. The van der Waals surface area contributed by atoms with Crippen molar-refractivity contribution in [2.24, 2.45) is 0 Å². The number of carbonyl (C=O) groups is 1. The molecule has 0 saturated carbocycles. The van der Waals surface area contributed by atoms with Gasteiger partial charge < -0.3 is 14.4 Å². The summed E-state index contributed by atoms with van der Waals surface area (Å²) < 4.78 is 27.2. The van der Waals surface area contributed by atoms with Crippen LogP contribution in [0, 0.1) is 5.82 Å². The van der Waals surface area contributed by atoms with Gasteiger partial charge in [-0.3, -0.25) is 9.80 Å². The van der Waals surface area contributed by atoms with Crippen LogP contribution in [0.5, 0.6) is 5.88 Å². The van der Waals surface area contributed by atoms with E-state index in [0.29, 0.717) is 31.0 Å².